The van der Waals surface area contributed by atoms with E-state index in [1.807, 2.05) is 6.20 Å². The van der Waals surface area contributed by atoms with Crippen LogP contribution >= 0.6 is 0 Å². The van der Waals surface area contributed by atoms with E-state index in [0.29, 0.717) is 11.8 Å². The quantitative estimate of drug-likeness (QED) is 0.819. The Hall–Kier alpha value is -1.76. The van der Waals surface area contributed by atoms with E-state index in [9.17, 15) is 9.50 Å². The molecule has 27 heavy (non-hydrogen) atoms. The predicted octanol–water partition coefficient (Wildman–Crippen LogP) is 2.74. The fourth-order valence-corrected chi connectivity index (χ4v) is 4.69. The van der Waals surface area contributed by atoms with Crippen LogP contribution in [-0.2, 0) is 6.54 Å². The van der Waals surface area contributed by atoms with E-state index in [-0.39, 0.29) is 12.4 Å². The second kappa shape index (κ2) is 8.50. The van der Waals surface area contributed by atoms with Crippen LogP contribution in [-0.4, -0.2) is 64.4 Å². The largest absolute Gasteiger partial charge is 0.396 e. The Morgan fingerprint density at radius 3 is 2.56 bits per heavy atom. The third kappa shape index (κ3) is 4.57. The highest BCUT2D eigenvalue weighted by molar-refractivity contribution is 5.62. The number of benzene rings is 1. The second-order valence-corrected chi connectivity index (χ2v) is 8.13. The summed E-state index contributed by atoms with van der Waals surface area (Å²) in [6.45, 7) is 6.61. The van der Waals surface area contributed by atoms with Gasteiger partial charge in [0.05, 0.1) is 11.9 Å². The number of hydrogen-bond donors (Lipinski definition) is 2. The van der Waals surface area contributed by atoms with Gasteiger partial charge in [-0.1, -0.05) is 0 Å². The lowest BCUT2D eigenvalue weighted by molar-refractivity contribution is 0.0659. The summed E-state index contributed by atoms with van der Waals surface area (Å²) in [5.41, 5.74) is 3.03. The highest BCUT2D eigenvalue weighted by Gasteiger charge is 2.29. The molecule has 0 spiro atoms. The minimum atomic E-state index is -0.230. The normalized spacial score (nSPS) is 24.5. The predicted molar refractivity (Wildman–Crippen MR) is 104 cm³/mol. The number of likely N-dealkylation sites (tertiary alicyclic amines) is 2. The van der Waals surface area contributed by atoms with Crippen LogP contribution in [0.3, 0.4) is 0 Å². The standard InChI is InChI=1S/C21H29FN4O/c22-20-5-3-18(4-6-20)21-19(10-23-24-21)14-26-12-16(9-17(13-26)15-27)11-25-7-1-2-8-25/h3-6,10,16-17,27H,1-2,7-9,11-15H2,(H,23,24)/t16-,17+/m1/s1. The van der Waals surface area contributed by atoms with Gasteiger partial charge in [0.25, 0.3) is 0 Å². The second-order valence-electron chi connectivity index (χ2n) is 8.13. The van der Waals surface area contributed by atoms with E-state index in [4.69, 9.17) is 0 Å². The lowest BCUT2D eigenvalue weighted by Crippen LogP contribution is -2.44. The molecule has 2 N–H and O–H groups in total. The molecule has 1 aromatic carbocycles. The van der Waals surface area contributed by atoms with Crippen molar-refractivity contribution in [3.8, 4) is 11.3 Å². The number of nitrogens with zero attached hydrogens (tertiary/aromatic N) is 3. The van der Waals surface area contributed by atoms with Gasteiger partial charge in [-0.2, -0.15) is 5.10 Å². The Balaban J connectivity index is 1.45. The molecule has 6 heteroatoms. The average Bonchev–Trinajstić information content (AvgIpc) is 3.34. The monoisotopic (exact) mass is 372 g/mol. The summed E-state index contributed by atoms with van der Waals surface area (Å²) in [6, 6.07) is 6.54. The molecule has 4 rings (SSSR count). The SMILES string of the molecule is OC[C@H]1C[C@H](CN2CCCC2)CN(Cc2cn[nH]c2-c2ccc(F)cc2)C1. The molecule has 0 aliphatic carbocycles. The highest BCUT2D eigenvalue weighted by atomic mass is 19.1. The molecule has 0 unspecified atom stereocenters. The van der Waals surface area contributed by atoms with Gasteiger partial charge in [0, 0.05) is 43.9 Å². The first-order valence-electron chi connectivity index (χ1n) is 10.0. The minimum absolute atomic E-state index is 0.230. The van der Waals surface area contributed by atoms with Crippen LogP contribution in [0.15, 0.2) is 30.5 Å². The lowest BCUT2D eigenvalue weighted by Gasteiger charge is -2.38. The minimum Gasteiger partial charge on any atom is -0.396 e. The molecule has 2 aliphatic heterocycles. The zero-order valence-corrected chi connectivity index (χ0v) is 15.8. The Kier molecular flexibility index (Phi) is 5.86. The van der Waals surface area contributed by atoms with Crippen molar-refractivity contribution >= 4 is 0 Å². The van der Waals surface area contributed by atoms with Crippen molar-refractivity contribution in [1.82, 2.24) is 20.0 Å². The summed E-state index contributed by atoms with van der Waals surface area (Å²) < 4.78 is 13.2. The topological polar surface area (TPSA) is 55.4 Å². The molecule has 2 atom stereocenters. The molecule has 2 fully saturated rings. The van der Waals surface area contributed by atoms with Crippen molar-refractivity contribution in [3.05, 3.63) is 41.8 Å². The number of H-pyrrole nitrogens is 1. The van der Waals surface area contributed by atoms with E-state index in [0.717, 1.165) is 49.4 Å². The summed E-state index contributed by atoms with van der Waals surface area (Å²) in [5.74, 6) is 0.717. The molecular formula is C21H29FN4O. The zero-order valence-electron chi connectivity index (χ0n) is 15.8. The molecule has 146 valence electrons. The summed E-state index contributed by atoms with van der Waals surface area (Å²) in [6.07, 6.45) is 5.61. The van der Waals surface area contributed by atoms with Crippen molar-refractivity contribution in [1.29, 1.82) is 0 Å². The number of rotatable bonds is 6. The Morgan fingerprint density at radius 2 is 1.81 bits per heavy atom. The zero-order chi connectivity index (χ0) is 18.6. The van der Waals surface area contributed by atoms with E-state index in [1.54, 1.807) is 12.1 Å². The van der Waals surface area contributed by atoms with Crippen LogP contribution in [0.25, 0.3) is 11.3 Å². The van der Waals surface area contributed by atoms with Gasteiger partial charge in [-0.05, 0) is 68.5 Å². The molecule has 2 saturated heterocycles. The third-order valence-electron chi connectivity index (χ3n) is 5.92. The van der Waals surface area contributed by atoms with Crippen LogP contribution in [0.4, 0.5) is 4.39 Å². The summed E-state index contributed by atoms with van der Waals surface area (Å²) in [7, 11) is 0. The average molecular weight is 372 g/mol. The summed E-state index contributed by atoms with van der Waals surface area (Å²) in [4.78, 5) is 5.02. The van der Waals surface area contributed by atoms with Gasteiger partial charge in [0.1, 0.15) is 5.82 Å². The van der Waals surface area contributed by atoms with Gasteiger partial charge >= 0.3 is 0 Å². The fraction of sp³-hybridized carbons (Fsp3) is 0.571. The molecule has 2 aromatic rings. The maximum absolute atomic E-state index is 13.2. The molecule has 5 nitrogen and oxygen atoms in total. The molecule has 0 saturated carbocycles. The third-order valence-corrected chi connectivity index (χ3v) is 5.92. The first-order valence-corrected chi connectivity index (χ1v) is 10.0. The Morgan fingerprint density at radius 1 is 1.07 bits per heavy atom. The number of aromatic nitrogens is 2. The van der Waals surface area contributed by atoms with Crippen molar-refractivity contribution < 1.29 is 9.50 Å². The number of aromatic amines is 1. The fourth-order valence-electron chi connectivity index (χ4n) is 4.69. The maximum Gasteiger partial charge on any atom is 0.123 e. The molecular weight excluding hydrogens is 343 g/mol. The van der Waals surface area contributed by atoms with Gasteiger partial charge in [-0.15, -0.1) is 0 Å². The number of piperidine rings is 1. The number of hydrogen-bond acceptors (Lipinski definition) is 4. The van der Waals surface area contributed by atoms with Crippen molar-refractivity contribution in [2.75, 3.05) is 39.3 Å². The van der Waals surface area contributed by atoms with E-state index >= 15 is 0 Å². The highest BCUT2D eigenvalue weighted by Crippen LogP contribution is 2.28. The van der Waals surface area contributed by atoms with Gasteiger partial charge in [0.2, 0.25) is 0 Å². The van der Waals surface area contributed by atoms with Gasteiger partial charge < -0.3 is 10.0 Å². The summed E-state index contributed by atoms with van der Waals surface area (Å²) >= 11 is 0. The Labute approximate surface area is 160 Å². The molecule has 3 heterocycles. The van der Waals surface area contributed by atoms with E-state index < -0.39 is 0 Å². The van der Waals surface area contributed by atoms with Crippen molar-refractivity contribution in [3.63, 3.8) is 0 Å². The number of nitrogens with one attached hydrogen (secondary N) is 1. The number of aliphatic hydroxyl groups is 1. The van der Waals surface area contributed by atoms with Gasteiger partial charge in [-0.25, -0.2) is 4.39 Å². The van der Waals surface area contributed by atoms with Crippen LogP contribution in [0.5, 0.6) is 0 Å². The van der Waals surface area contributed by atoms with Gasteiger partial charge in [-0.3, -0.25) is 10.00 Å². The molecule has 1 aromatic heterocycles. The van der Waals surface area contributed by atoms with Crippen LogP contribution in [0.2, 0.25) is 0 Å². The Bertz CT molecular complexity index is 726. The first kappa shape index (κ1) is 18.6. The van der Waals surface area contributed by atoms with Crippen LogP contribution in [0.1, 0.15) is 24.8 Å². The molecule has 0 bridgehead atoms. The van der Waals surface area contributed by atoms with E-state index in [2.05, 4.69) is 20.0 Å². The maximum atomic E-state index is 13.2. The molecule has 2 aliphatic rings. The number of halogens is 1. The van der Waals surface area contributed by atoms with Gasteiger partial charge in [0.15, 0.2) is 0 Å². The summed E-state index contributed by atoms with van der Waals surface area (Å²) in [5, 5.41) is 17.1. The molecule has 0 amide bonds. The lowest BCUT2D eigenvalue weighted by atomic mass is 9.89. The van der Waals surface area contributed by atoms with Crippen LogP contribution < -0.4 is 0 Å². The number of aliphatic hydroxyl groups excluding tert-OH is 1. The molecule has 0 radical (unpaired) electrons. The van der Waals surface area contributed by atoms with Crippen molar-refractivity contribution in [2.45, 2.75) is 25.8 Å². The van der Waals surface area contributed by atoms with E-state index in [1.165, 1.54) is 38.1 Å². The van der Waals surface area contributed by atoms with Crippen molar-refractivity contribution in [2.24, 2.45) is 11.8 Å². The smallest absolute Gasteiger partial charge is 0.123 e. The first-order chi connectivity index (χ1) is 13.2. The van der Waals surface area contributed by atoms with Crippen LogP contribution in [0, 0.1) is 17.7 Å².